The average molecular weight is 257 g/mol. The first-order valence-corrected chi connectivity index (χ1v) is 6.65. The lowest BCUT2D eigenvalue weighted by atomic mass is 9.88. The number of rotatable bonds is 4. The average Bonchev–Trinajstić information content (AvgIpc) is 2.40. The molecular formula is C16H19NO2. The van der Waals surface area contributed by atoms with Gasteiger partial charge in [0, 0.05) is 23.2 Å². The molecular weight excluding hydrogens is 238 g/mol. The fraction of sp³-hybridized carbons (Fsp3) is 0.375. The Hall–Kier alpha value is -1.90. The van der Waals surface area contributed by atoms with E-state index in [0.717, 1.165) is 6.42 Å². The SMILES string of the molecule is CC1=C(NCCC(C)C)C(=O)c2ccccc2C1=O. The summed E-state index contributed by atoms with van der Waals surface area (Å²) >= 11 is 0. The first kappa shape index (κ1) is 13.5. The molecule has 0 radical (unpaired) electrons. The predicted octanol–water partition coefficient (Wildman–Crippen LogP) is 2.98. The van der Waals surface area contributed by atoms with E-state index in [1.165, 1.54) is 0 Å². The summed E-state index contributed by atoms with van der Waals surface area (Å²) in [4.78, 5) is 24.6. The molecule has 100 valence electrons. The highest BCUT2D eigenvalue weighted by Crippen LogP contribution is 2.24. The molecule has 0 heterocycles. The largest absolute Gasteiger partial charge is 0.382 e. The van der Waals surface area contributed by atoms with Crippen LogP contribution in [0.5, 0.6) is 0 Å². The van der Waals surface area contributed by atoms with E-state index in [9.17, 15) is 9.59 Å². The molecule has 0 atom stereocenters. The molecule has 0 aliphatic heterocycles. The van der Waals surface area contributed by atoms with Crippen molar-refractivity contribution in [2.75, 3.05) is 6.54 Å². The maximum absolute atomic E-state index is 12.4. The molecule has 19 heavy (non-hydrogen) atoms. The summed E-state index contributed by atoms with van der Waals surface area (Å²) in [6.07, 6.45) is 0.972. The fourth-order valence-corrected chi connectivity index (χ4v) is 2.20. The van der Waals surface area contributed by atoms with Crippen LogP contribution in [0, 0.1) is 5.92 Å². The smallest absolute Gasteiger partial charge is 0.209 e. The molecule has 3 heteroatoms. The topological polar surface area (TPSA) is 46.2 Å². The van der Waals surface area contributed by atoms with Crippen LogP contribution in [0.4, 0.5) is 0 Å². The molecule has 2 rings (SSSR count). The third-order valence-corrected chi connectivity index (χ3v) is 3.38. The third kappa shape index (κ3) is 2.60. The maximum Gasteiger partial charge on any atom is 0.209 e. The minimum absolute atomic E-state index is 0.0535. The van der Waals surface area contributed by atoms with Crippen LogP contribution in [0.15, 0.2) is 35.5 Å². The molecule has 0 fully saturated rings. The molecule has 0 amide bonds. The number of fused-ring (bicyclic) bond motifs is 1. The van der Waals surface area contributed by atoms with Gasteiger partial charge in [-0.15, -0.1) is 0 Å². The molecule has 1 aromatic carbocycles. The van der Waals surface area contributed by atoms with Gasteiger partial charge in [0.05, 0.1) is 5.70 Å². The van der Waals surface area contributed by atoms with E-state index in [1.54, 1.807) is 31.2 Å². The van der Waals surface area contributed by atoms with Gasteiger partial charge in [0.2, 0.25) is 5.78 Å². The van der Waals surface area contributed by atoms with Crippen LogP contribution in [0.25, 0.3) is 0 Å². The van der Waals surface area contributed by atoms with Crippen LogP contribution in [0.2, 0.25) is 0 Å². The highest BCUT2D eigenvalue weighted by atomic mass is 16.1. The van der Waals surface area contributed by atoms with E-state index in [2.05, 4.69) is 19.2 Å². The summed E-state index contributed by atoms with van der Waals surface area (Å²) in [5.74, 6) is 0.439. The lowest BCUT2D eigenvalue weighted by Crippen LogP contribution is -2.30. The van der Waals surface area contributed by atoms with Crippen LogP contribution < -0.4 is 5.32 Å². The van der Waals surface area contributed by atoms with Gasteiger partial charge in [0.15, 0.2) is 5.78 Å². The van der Waals surface area contributed by atoms with Crippen molar-refractivity contribution < 1.29 is 9.59 Å². The van der Waals surface area contributed by atoms with Crippen molar-refractivity contribution in [3.63, 3.8) is 0 Å². The Bertz CT molecular complexity index is 556. The van der Waals surface area contributed by atoms with Gasteiger partial charge in [-0.2, -0.15) is 0 Å². The molecule has 3 nitrogen and oxygen atoms in total. The Balaban J connectivity index is 2.27. The number of hydrogen-bond acceptors (Lipinski definition) is 3. The molecule has 0 saturated heterocycles. The van der Waals surface area contributed by atoms with Crippen LogP contribution in [0.3, 0.4) is 0 Å². The van der Waals surface area contributed by atoms with Gasteiger partial charge >= 0.3 is 0 Å². The minimum atomic E-state index is -0.0727. The van der Waals surface area contributed by atoms with Crippen molar-refractivity contribution in [2.24, 2.45) is 5.92 Å². The number of benzene rings is 1. The van der Waals surface area contributed by atoms with E-state index in [0.29, 0.717) is 34.9 Å². The van der Waals surface area contributed by atoms with Gasteiger partial charge in [-0.1, -0.05) is 38.1 Å². The Kier molecular flexibility index (Phi) is 3.84. The van der Waals surface area contributed by atoms with Gasteiger partial charge in [0.25, 0.3) is 0 Å². The molecule has 1 N–H and O–H groups in total. The van der Waals surface area contributed by atoms with Gasteiger partial charge in [0.1, 0.15) is 0 Å². The predicted molar refractivity (Wildman–Crippen MR) is 75.3 cm³/mol. The second-order valence-corrected chi connectivity index (χ2v) is 5.31. The lowest BCUT2D eigenvalue weighted by Gasteiger charge is -2.20. The zero-order chi connectivity index (χ0) is 14.0. The second kappa shape index (κ2) is 5.39. The van der Waals surface area contributed by atoms with Gasteiger partial charge in [-0.3, -0.25) is 9.59 Å². The normalized spacial score (nSPS) is 14.9. The number of nitrogens with one attached hydrogen (secondary N) is 1. The highest BCUT2D eigenvalue weighted by molar-refractivity contribution is 6.26. The number of carbonyl (C=O) groups is 2. The zero-order valence-corrected chi connectivity index (χ0v) is 11.6. The lowest BCUT2D eigenvalue weighted by molar-refractivity contribution is 0.0968. The fourth-order valence-electron chi connectivity index (χ4n) is 2.20. The van der Waals surface area contributed by atoms with Crippen LogP contribution in [-0.2, 0) is 0 Å². The molecule has 0 saturated carbocycles. The van der Waals surface area contributed by atoms with Gasteiger partial charge in [-0.05, 0) is 19.3 Å². The van der Waals surface area contributed by atoms with E-state index in [1.807, 2.05) is 0 Å². The van der Waals surface area contributed by atoms with Crippen molar-refractivity contribution in [2.45, 2.75) is 27.2 Å². The Labute approximate surface area is 113 Å². The molecule has 0 bridgehead atoms. The van der Waals surface area contributed by atoms with E-state index in [4.69, 9.17) is 0 Å². The number of carbonyl (C=O) groups excluding carboxylic acids is 2. The van der Waals surface area contributed by atoms with Crippen molar-refractivity contribution in [3.05, 3.63) is 46.7 Å². The summed E-state index contributed by atoms with van der Waals surface area (Å²) in [5, 5.41) is 3.13. The number of allylic oxidation sites excluding steroid dienone is 2. The van der Waals surface area contributed by atoms with E-state index in [-0.39, 0.29) is 11.6 Å². The van der Waals surface area contributed by atoms with Crippen molar-refractivity contribution in [1.82, 2.24) is 5.32 Å². The monoisotopic (exact) mass is 257 g/mol. The molecule has 0 aromatic heterocycles. The first-order chi connectivity index (χ1) is 9.02. The Morgan fingerprint density at radius 3 is 2.21 bits per heavy atom. The van der Waals surface area contributed by atoms with Crippen LogP contribution in [0.1, 0.15) is 47.9 Å². The molecule has 1 aliphatic rings. The molecule has 0 unspecified atom stereocenters. The van der Waals surface area contributed by atoms with Crippen molar-refractivity contribution in [1.29, 1.82) is 0 Å². The highest BCUT2D eigenvalue weighted by Gasteiger charge is 2.29. The molecule has 1 aliphatic carbocycles. The maximum atomic E-state index is 12.4. The summed E-state index contributed by atoms with van der Waals surface area (Å²) < 4.78 is 0. The first-order valence-electron chi connectivity index (χ1n) is 6.65. The van der Waals surface area contributed by atoms with Gasteiger partial charge < -0.3 is 5.32 Å². The minimum Gasteiger partial charge on any atom is -0.382 e. The van der Waals surface area contributed by atoms with E-state index < -0.39 is 0 Å². The second-order valence-electron chi connectivity index (χ2n) is 5.31. The van der Waals surface area contributed by atoms with Crippen molar-refractivity contribution >= 4 is 11.6 Å². The summed E-state index contributed by atoms with van der Waals surface area (Å²) in [6, 6.07) is 7.00. The number of ketones is 2. The van der Waals surface area contributed by atoms with Crippen LogP contribution >= 0.6 is 0 Å². The Morgan fingerprint density at radius 1 is 1.05 bits per heavy atom. The Morgan fingerprint density at radius 2 is 1.63 bits per heavy atom. The van der Waals surface area contributed by atoms with Crippen molar-refractivity contribution in [3.8, 4) is 0 Å². The zero-order valence-electron chi connectivity index (χ0n) is 11.6. The van der Waals surface area contributed by atoms with E-state index >= 15 is 0 Å². The number of hydrogen-bond donors (Lipinski definition) is 1. The van der Waals surface area contributed by atoms with Crippen LogP contribution in [-0.4, -0.2) is 18.1 Å². The summed E-state index contributed by atoms with van der Waals surface area (Å²) in [7, 11) is 0. The van der Waals surface area contributed by atoms with Gasteiger partial charge in [-0.25, -0.2) is 0 Å². The molecule has 1 aromatic rings. The third-order valence-electron chi connectivity index (χ3n) is 3.38. The summed E-state index contributed by atoms with van der Waals surface area (Å²) in [5.41, 5.74) is 2.00. The molecule has 0 spiro atoms. The summed E-state index contributed by atoms with van der Waals surface area (Å²) in [6.45, 7) is 6.69. The standard InChI is InChI=1S/C16H19NO2/c1-10(2)8-9-17-14-11(3)15(18)12-6-4-5-7-13(12)16(14)19/h4-7,10,17H,8-9H2,1-3H3. The quantitative estimate of drug-likeness (QED) is 0.902. The number of Topliss-reactive ketones (excluding diaryl/α,β-unsaturated/α-hetero) is 2.